The summed E-state index contributed by atoms with van der Waals surface area (Å²) in [5.74, 6) is 1.03. The summed E-state index contributed by atoms with van der Waals surface area (Å²) < 4.78 is 0. The van der Waals surface area contributed by atoms with Crippen molar-refractivity contribution in [1.29, 1.82) is 0 Å². The van der Waals surface area contributed by atoms with E-state index in [1.165, 1.54) is 38.5 Å². The lowest BCUT2D eigenvalue weighted by atomic mass is 10.1. The highest BCUT2D eigenvalue weighted by Gasteiger charge is 2.28. The zero-order valence-electron chi connectivity index (χ0n) is 9.57. The quantitative estimate of drug-likeness (QED) is 0.689. The van der Waals surface area contributed by atoms with E-state index in [1.807, 2.05) is 0 Å². The molecule has 0 bridgehead atoms. The molecule has 2 atom stereocenters. The van der Waals surface area contributed by atoms with Gasteiger partial charge in [0, 0.05) is 19.1 Å². The first-order chi connectivity index (χ1) is 7.29. The van der Waals surface area contributed by atoms with E-state index < -0.39 is 0 Å². The highest BCUT2D eigenvalue weighted by atomic mass is 16.3. The van der Waals surface area contributed by atoms with Gasteiger partial charge in [-0.2, -0.15) is 0 Å². The van der Waals surface area contributed by atoms with Crippen molar-refractivity contribution in [3.8, 4) is 0 Å². The molecule has 2 rings (SSSR count). The lowest BCUT2D eigenvalue weighted by Gasteiger charge is -2.26. The second-order valence-electron chi connectivity index (χ2n) is 5.20. The Morgan fingerprint density at radius 2 is 2.07 bits per heavy atom. The summed E-state index contributed by atoms with van der Waals surface area (Å²) in [7, 11) is 0. The second kappa shape index (κ2) is 5.28. The molecular formula is C12H24N2O. The molecule has 2 unspecified atom stereocenters. The van der Waals surface area contributed by atoms with E-state index in [-0.39, 0.29) is 6.10 Å². The summed E-state index contributed by atoms with van der Waals surface area (Å²) in [6.45, 7) is 2.34. The summed E-state index contributed by atoms with van der Waals surface area (Å²) in [6, 6.07) is 0.729. The Kier molecular flexibility index (Phi) is 4.00. The number of aliphatic hydroxyl groups is 1. The Bertz CT molecular complexity index is 194. The average Bonchev–Trinajstić information content (AvgIpc) is 2.97. The van der Waals surface area contributed by atoms with Crippen molar-refractivity contribution in [1.82, 2.24) is 4.90 Å². The standard InChI is InChI=1S/C12H24N2O/c13-8-12(15)9-14-7-1-2-11(14)6-5-10-3-4-10/h10-12,15H,1-9,13H2. The fourth-order valence-corrected chi connectivity index (χ4v) is 2.64. The van der Waals surface area contributed by atoms with E-state index in [9.17, 15) is 5.11 Å². The SMILES string of the molecule is NCC(O)CN1CCCC1CCC1CC1. The molecule has 1 saturated carbocycles. The van der Waals surface area contributed by atoms with Gasteiger partial charge in [0.2, 0.25) is 0 Å². The third kappa shape index (κ3) is 3.44. The maximum atomic E-state index is 9.56. The predicted octanol–water partition coefficient (Wildman–Crippen LogP) is 0.961. The number of aliphatic hydroxyl groups excluding tert-OH is 1. The van der Waals surface area contributed by atoms with Crippen LogP contribution < -0.4 is 5.73 Å². The Morgan fingerprint density at radius 1 is 1.27 bits per heavy atom. The van der Waals surface area contributed by atoms with Crippen LogP contribution in [-0.4, -0.2) is 41.8 Å². The molecule has 0 aromatic heterocycles. The van der Waals surface area contributed by atoms with Crippen molar-refractivity contribution in [2.75, 3.05) is 19.6 Å². The first kappa shape index (κ1) is 11.4. The number of β-amino-alcohol motifs (C(OH)–C–C–N with tert-alkyl or cyclic N) is 1. The molecule has 2 aliphatic rings. The van der Waals surface area contributed by atoms with Crippen molar-refractivity contribution in [2.24, 2.45) is 11.7 Å². The summed E-state index contributed by atoms with van der Waals surface area (Å²) >= 11 is 0. The van der Waals surface area contributed by atoms with Crippen LogP contribution in [0.2, 0.25) is 0 Å². The van der Waals surface area contributed by atoms with Crippen LogP contribution in [-0.2, 0) is 0 Å². The monoisotopic (exact) mass is 212 g/mol. The summed E-state index contributed by atoms with van der Waals surface area (Å²) in [4.78, 5) is 2.44. The van der Waals surface area contributed by atoms with Crippen LogP contribution in [0.5, 0.6) is 0 Å². The third-order valence-electron chi connectivity index (χ3n) is 3.82. The Labute approximate surface area is 92.6 Å². The van der Waals surface area contributed by atoms with Crippen LogP contribution in [0, 0.1) is 5.92 Å². The van der Waals surface area contributed by atoms with E-state index >= 15 is 0 Å². The fourth-order valence-electron chi connectivity index (χ4n) is 2.64. The number of rotatable bonds is 6. The summed E-state index contributed by atoms with van der Waals surface area (Å²) in [6.07, 6.45) is 7.95. The minimum absolute atomic E-state index is 0.327. The zero-order chi connectivity index (χ0) is 10.7. The normalized spacial score (nSPS) is 29.6. The van der Waals surface area contributed by atoms with Crippen molar-refractivity contribution >= 4 is 0 Å². The van der Waals surface area contributed by atoms with Gasteiger partial charge in [0.1, 0.15) is 0 Å². The number of nitrogens with two attached hydrogens (primary N) is 1. The van der Waals surface area contributed by atoms with E-state index in [4.69, 9.17) is 5.73 Å². The number of nitrogens with zero attached hydrogens (tertiary/aromatic N) is 1. The van der Waals surface area contributed by atoms with Gasteiger partial charge in [-0.25, -0.2) is 0 Å². The molecule has 0 aromatic rings. The fraction of sp³-hybridized carbons (Fsp3) is 1.00. The second-order valence-corrected chi connectivity index (χ2v) is 5.20. The lowest BCUT2D eigenvalue weighted by Crippen LogP contribution is -2.39. The molecule has 15 heavy (non-hydrogen) atoms. The van der Waals surface area contributed by atoms with Crippen molar-refractivity contribution in [2.45, 2.75) is 50.7 Å². The van der Waals surface area contributed by atoms with Crippen LogP contribution in [0.4, 0.5) is 0 Å². The topological polar surface area (TPSA) is 49.5 Å². The van der Waals surface area contributed by atoms with Crippen LogP contribution >= 0.6 is 0 Å². The molecule has 88 valence electrons. The van der Waals surface area contributed by atoms with Gasteiger partial charge >= 0.3 is 0 Å². The van der Waals surface area contributed by atoms with E-state index in [0.717, 1.165) is 25.0 Å². The number of likely N-dealkylation sites (tertiary alicyclic amines) is 1. The molecular weight excluding hydrogens is 188 g/mol. The van der Waals surface area contributed by atoms with Crippen LogP contribution in [0.1, 0.15) is 38.5 Å². The molecule has 2 fully saturated rings. The molecule has 0 spiro atoms. The Morgan fingerprint density at radius 3 is 2.73 bits per heavy atom. The van der Waals surface area contributed by atoms with Gasteiger partial charge in [0.25, 0.3) is 0 Å². The Balaban J connectivity index is 1.70. The number of hydrogen-bond acceptors (Lipinski definition) is 3. The van der Waals surface area contributed by atoms with Crippen LogP contribution in [0.3, 0.4) is 0 Å². The van der Waals surface area contributed by atoms with Crippen LogP contribution in [0.25, 0.3) is 0 Å². The molecule has 3 nitrogen and oxygen atoms in total. The molecule has 1 aliphatic heterocycles. The zero-order valence-corrected chi connectivity index (χ0v) is 9.57. The first-order valence-corrected chi connectivity index (χ1v) is 6.41. The summed E-state index contributed by atoms with van der Waals surface area (Å²) in [5.41, 5.74) is 5.45. The largest absolute Gasteiger partial charge is 0.390 e. The van der Waals surface area contributed by atoms with Gasteiger partial charge in [0.05, 0.1) is 6.10 Å². The average molecular weight is 212 g/mol. The van der Waals surface area contributed by atoms with E-state index in [0.29, 0.717) is 6.54 Å². The summed E-state index contributed by atoms with van der Waals surface area (Å²) in [5, 5.41) is 9.56. The maximum absolute atomic E-state index is 9.56. The Hall–Kier alpha value is -0.120. The molecule has 0 amide bonds. The predicted molar refractivity (Wildman–Crippen MR) is 61.6 cm³/mol. The molecule has 3 N–H and O–H groups in total. The lowest BCUT2D eigenvalue weighted by molar-refractivity contribution is 0.108. The smallest absolute Gasteiger partial charge is 0.0789 e. The van der Waals surface area contributed by atoms with Gasteiger partial charge in [-0.3, -0.25) is 4.90 Å². The molecule has 3 heteroatoms. The van der Waals surface area contributed by atoms with Gasteiger partial charge in [-0.15, -0.1) is 0 Å². The first-order valence-electron chi connectivity index (χ1n) is 6.41. The van der Waals surface area contributed by atoms with Crippen LogP contribution in [0.15, 0.2) is 0 Å². The molecule has 1 heterocycles. The highest BCUT2D eigenvalue weighted by Crippen LogP contribution is 2.35. The molecule has 1 aliphatic carbocycles. The van der Waals surface area contributed by atoms with Crippen molar-refractivity contribution < 1.29 is 5.11 Å². The highest BCUT2D eigenvalue weighted by molar-refractivity contribution is 4.83. The van der Waals surface area contributed by atoms with Crippen molar-refractivity contribution in [3.05, 3.63) is 0 Å². The molecule has 1 saturated heterocycles. The van der Waals surface area contributed by atoms with Gasteiger partial charge in [-0.05, 0) is 38.1 Å². The minimum atomic E-state index is -0.327. The van der Waals surface area contributed by atoms with Gasteiger partial charge in [0.15, 0.2) is 0 Å². The third-order valence-corrected chi connectivity index (χ3v) is 3.82. The van der Waals surface area contributed by atoms with Crippen molar-refractivity contribution in [3.63, 3.8) is 0 Å². The molecule has 0 aromatic carbocycles. The van der Waals surface area contributed by atoms with E-state index in [2.05, 4.69) is 4.90 Å². The number of hydrogen-bond donors (Lipinski definition) is 2. The van der Waals surface area contributed by atoms with E-state index in [1.54, 1.807) is 0 Å². The maximum Gasteiger partial charge on any atom is 0.0789 e. The van der Waals surface area contributed by atoms with Gasteiger partial charge in [-0.1, -0.05) is 12.8 Å². The molecule has 0 radical (unpaired) electrons. The van der Waals surface area contributed by atoms with Gasteiger partial charge < -0.3 is 10.8 Å². The minimum Gasteiger partial charge on any atom is -0.390 e.